The van der Waals surface area contributed by atoms with Gasteiger partial charge in [0.05, 0.1) is 27.0 Å². The summed E-state index contributed by atoms with van der Waals surface area (Å²) in [5, 5.41) is 10.2. The number of para-hydroxylation sites is 1. The second-order valence-electron chi connectivity index (χ2n) is 7.83. The van der Waals surface area contributed by atoms with Crippen LogP contribution in [0.4, 0.5) is 10.5 Å². The summed E-state index contributed by atoms with van der Waals surface area (Å²) in [4.78, 5) is 20.1. The van der Waals surface area contributed by atoms with Crippen molar-refractivity contribution in [2.24, 2.45) is 5.92 Å². The minimum Gasteiger partial charge on any atom is -0.465 e. The summed E-state index contributed by atoms with van der Waals surface area (Å²) in [5.74, 6) is 0.314. The molecule has 1 amide bonds. The molecule has 1 N–H and O–H groups in total. The Balaban J connectivity index is 1.50. The van der Waals surface area contributed by atoms with Crippen LogP contribution < -0.4 is 4.90 Å². The first kappa shape index (κ1) is 18.9. The van der Waals surface area contributed by atoms with Crippen molar-refractivity contribution in [1.82, 2.24) is 9.88 Å². The highest BCUT2D eigenvalue weighted by Gasteiger charge is 2.43. The first-order valence-corrected chi connectivity index (χ1v) is 11.4. The highest BCUT2D eigenvalue weighted by Crippen LogP contribution is 2.37. The molecule has 2 aliphatic rings. The summed E-state index contributed by atoms with van der Waals surface area (Å²) >= 11 is 0. The number of carbonyl (C=O) groups is 1. The van der Waals surface area contributed by atoms with Gasteiger partial charge in [-0.05, 0) is 30.7 Å². The second-order valence-corrected chi connectivity index (χ2v) is 9.78. The molecule has 30 heavy (non-hydrogen) atoms. The standard InChI is InChI=1S/C22H21N3O4S/c26-22(27)25-10-9-16-13-24(14-20(16)25)19-8-4-5-15-11-18(12-23-21(15)19)30(28,29)17-6-2-1-3-7-17/h1-8,11-12,16,20H,9-10,13-14H2,(H,26,27). The van der Waals surface area contributed by atoms with Crippen LogP contribution >= 0.6 is 0 Å². The number of anilines is 1. The van der Waals surface area contributed by atoms with E-state index in [-0.39, 0.29) is 15.8 Å². The van der Waals surface area contributed by atoms with Crippen LogP contribution in [0.5, 0.6) is 0 Å². The fourth-order valence-electron chi connectivity index (χ4n) is 4.66. The van der Waals surface area contributed by atoms with Crippen molar-refractivity contribution >= 4 is 32.5 Å². The predicted octanol–water partition coefficient (Wildman–Crippen LogP) is 3.26. The molecule has 0 bridgehead atoms. The molecule has 7 nitrogen and oxygen atoms in total. The van der Waals surface area contributed by atoms with Crippen LogP contribution in [0.1, 0.15) is 6.42 Å². The number of rotatable bonds is 3. The Hall–Kier alpha value is -3.13. The van der Waals surface area contributed by atoms with Gasteiger partial charge >= 0.3 is 6.09 Å². The van der Waals surface area contributed by atoms with E-state index in [4.69, 9.17) is 0 Å². The number of sulfone groups is 1. The average molecular weight is 423 g/mol. The van der Waals surface area contributed by atoms with Gasteiger partial charge in [0, 0.05) is 37.1 Å². The van der Waals surface area contributed by atoms with Gasteiger partial charge in [-0.15, -0.1) is 0 Å². The average Bonchev–Trinajstić information content (AvgIpc) is 3.34. The highest BCUT2D eigenvalue weighted by molar-refractivity contribution is 7.91. The Bertz CT molecular complexity index is 1230. The van der Waals surface area contributed by atoms with Gasteiger partial charge in [-0.2, -0.15) is 0 Å². The number of likely N-dealkylation sites (tertiary alicyclic amines) is 1. The number of pyridine rings is 1. The Morgan fingerprint density at radius 1 is 1.03 bits per heavy atom. The topological polar surface area (TPSA) is 90.8 Å². The van der Waals surface area contributed by atoms with Crippen molar-refractivity contribution in [3.63, 3.8) is 0 Å². The zero-order valence-corrected chi connectivity index (χ0v) is 17.0. The van der Waals surface area contributed by atoms with E-state index in [1.54, 1.807) is 36.4 Å². The van der Waals surface area contributed by atoms with Gasteiger partial charge in [-0.1, -0.05) is 30.3 Å². The maximum Gasteiger partial charge on any atom is 0.407 e. The number of amides is 1. The van der Waals surface area contributed by atoms with Crippen molar-refractivity contribution in [3.05, 3.63) is 60.8 Å². The molecule has 0 saturated carbocycles. The van der Waals surface area contributed by atoms with Crippen LogP contribution in [0.2, 0.25) is 0 Å². The molecular weight excluding hydrogens is 402 g/mol. The largest absolute Gasteiger partial charge is 0.465 e. The lowest BCUT2D eigenvalue weighted by atomic mass is 10.1. The molecule has 0 radical (unpaired) electrons. The molecule has 0 aliphatic carbocycles. The van der Waals surface area contributed by atoms with Crippen LogP contribution in [0.25, 0.3) is 10.9 Å². The van der Waals surface area contributed by atoms with Crippen molar-refractivity contribution in [2.45, 2.75) is 22.3 Å². The van der Waals surface area contributed by atoms with E-state index in [0.29, 0.717) is 19.0 Å². The minimum absolute atomic E-state index is 0.00418. The van der Waals surface area contributed by atoms with E-state index in [1.807, 2.05) is 18.2 Å². The van der Waals surface area contributed by atoms with E-state index in [1.165, 1.54) is 11.1 Å². The molecular formula is C22H21N3O4S. The van der Waals surface area contributed by atoms with Crippen LogP contribution in [-0.4, -0.2) is 55.2 Å². The first-order valence-electron chi connectivity index (χ1n) is 9.88. The molecule has 3 aromatic rings. The van der Waals surface area contributed by atoms with Crippen molar-refractivity contribution in [1.29, 1.82) is 0 Å². The molecule has 8 heteroatoms. The van der Waals surface area contributed by atoms with E-state index < -0.39 is 15.9 Å². The first-order chi connectivity index (χ1) is 14.4. The molecule has 5 rings (SSSR count). The lowest BCUT2D eigenvalue weighted by Crippen LogP contribution is -2.38. The summed E-state index contributed by atoms with van der Waals surface area (Å²) in [6.45, 7) is 1.99. The van der Waals surface area contributed by atoms with Crippen molar-refractivity contribution in [2.75, 3.05) is 24.5 Å². The second kappa shape index (κ2) is 6.98. The summed E-state index contributed by atoms with van der Waals surface area (Å²) < 4.78 is 25.9. The molecule has 2 saturated heterocycles. The number of benzene rings is 2. The van der Waals surface area contributed by atoms with Gasteiger partial charge in [0.15, 0.2) is 0 Å². The molecule has 3 heterocycles. The number of carboxylic acid groups (broad SMARTS) is 1. The third kappa shape index (κ3) is 2.99. The molecule has 1 aromatic heterocycles. The monoisotopic (exact) mass is 423 g/mol. The summed E-state index contributed by atoms with van der Waals surface area (Å²) in [5.41, 5.74) is 1.64. The Kier molecular flexibility index (Phi) is 4.39. The lowest BCUT2D eigenvalue weighted by Gasteiger charge is -2.24. The minimum atomic E-state index is -3.64. The number of fused-ring (bicyclic) bond motifs is 2. The quantitative estimate of drug-likeness (QED) is 0.695. The predicted molar refractivity (Wildman–Crippen MR) is 112 cm³/mol. The Labute approximate surface area is 174 Å². The molecule has 2 atom stereocenters. The van der Waals surface area contributed by atoms with E-state index in [9.17, 15) is 18.3 Å². The zero-order valence-electron chi connectivity index (χ0n) is 16.2. The maximum absolute atomic E-state index is 12.9. The van der Waals surface area contributed by atoms with Crippen molar-refractivity contribution < 1.29 is 18.3 Å². The van der Waals surface area contributed by atoms with Crippen molar-refractivity contribution in [3.8, 4) is 0 Å². The fraction of sp³-hybridized carbons (Fsp3) is 0.273. The van der Waals surface area contributed by atoms with Gasteiger partial charge in [0.1, 0.15) is 0 Å². The summed E-state index contributed by atoms with van der Waals surface area (Å²) in [6.07, 6.45) is 1.41. The molecule has 2 fully saturated rings. The molecule has 0 spiro atoms. The summed E-state index contributed by atoms with van der Waals surface area (Å²) in [6, 6.07) is 15.7. The van der Waals surface area contributed by atoms with Crippen LogP contribution in [0.3, 0.4) is 0 Å². The van der Waals surface area contributed by atoms with Gasteiger partial charge in [0.2, 0.25) is 9.84 Å². The van der Waals surface area contributed by atoms with E-state index >= 15 is 0 Å². The van der Waals surface area contributed by atoms with Gasteiger partial charge in [-0.25, -0.2) is 13.2 Å². The number of hydrogen-bond acceptors (Lipinski definition) is 5. The molecule has 2 unspecified atom stereocenters. The lowest BCUT2D eigenvalue weighted by molar-refractivity contribution is 0.140. The van der Waals surface area contributed by atoms with Gasteiger partial charge in [0.25, 0.3) is 0 Å². The third-order valence-electron chi connectivity index (χ3n) is 6.16. The SMILES string of the molecule is O=C(O)N1CCC2CN(c3cccc4cc(S(=O)(=O)c5ccccc5)cnc34)CC21. The van der Waals surface area contributed by atoms with Crippen LogP contribution in [-0.2, 0) is 9.84 Å². The third-order valence-corrected chi connectivity index (χ3v) is 7.90. The molecule has 154 valence electrons. The Morgan fingerprint density at radius 2 is 1.83 bits per heavy atom. The smallest absolute Gasteiger partial charge is 0.407 e. The van der Waals surface area contributed by atoms with E-state index in [2.05, 4.69) is 9.88 Å². The normalized spacial score (nSPS) is 21.2. The number of hydrogen-bond donors (Lipinski definition) is 1. The summed E-state index contributed by atoms with van der Waals surface area (Å²) in [7, 11) is -3.64. The fourth-order valence-corrected chi connectivity index (χ4v) is 5.92. The molecule has 2 aromatic carbocycles. The number of nitrogens with zero attached hydrogens (tertiary/aromatic N) is 3. The zero-order chi connectivity index (χ0) is 20.9. The maximum atomic E-state index is 12.9. The van der Waals surface area contributed by atoms with Crippen LogP contribution in [0.15, 0.2) is 70.6 Å². The van der Waals surface area contributed by atoms with Crippen LogP contribution in [0, 0.1) is 5.92 Å². The van der Waals surface area contributed by atoms with Gasteiger partial charge in [-0.3, -0.25) is 4.98 Å². The number of aromatic nitrogens is 1. The van der Waals surface area contributed by atoms with Gasteiger partial charge < -0.3 is 14.9 Å². The van der Waals surface area contributed by atoms with E-state index in [0.717, 1.165) is 29.6 Å². The highest BCUT2D eigenvalue weighted by atomic mass is 32.2. The molecule has 2 aliphatic heterocycles. The Morgan fingerprint density at radius 3 is 2.60 bits per heavy atom.